The summed E-state index contributed by atoms with van der Waals surface area (Å²) in [7, 11) is 0. The molecule has 0 aliphatic carbocycles. The number of nitro benzene ring substituents is 1. The van der Waals surface area contributed by atoms with Crippen molar-refractivity contribution in [2.75, 3.05) is 6.54 Å². The first-order valence-corrected chi connectivity index (χ1v) is 8.03. The molecule has 0 bridgehead atoms. The van der Waals surface area contributed by atoms with Crippen LogP contribution in [0.5, 0.6) is 0 Å². The highest BCUT2D eigenvalue weighted by molar-refractivity contribution is 5.67. The number of hydrogen-bond donors (Lipinski definition) is 1. The summed E-state index contributed by atoms with van der Waals surface area (Å²) in [6.45, 7) is 1.97. The molecule has 0 radical (unpaired) electrons. The molecule has 0 heterocycles. The molecule has 0 saturated carbocycles. The normalized spacial score (nSPS) is 10.7. The van der Waals surface area contributed by atoms with Gasteiger partial charge in [0.2, 0.25) is 0 Å². The SMILES string of the molecule is Cc1cc(F)c(C=CCCNC(=O)OCc2ccccc2)cc1[N+](=O)[O-]. The topological polar surface area (TPSA) is 81.5 Å². The zero-order valence-electron chi connectivity index (χ0n) is 14.3. The van der Waals surface area contributed by atoms with Crippen LogP contribution in [0.25, 0.3) is 6.08 Å². The molecule has 2 aromatic rings. The van der Waals surface area contributed by atoms with Crippen molar-refractivity contribution < 1.29 is 18.8 Å². The number of carbonyl (C=O) groups is 1. The number of benzene rings is 2. The molecule has 136 valence electrons. The average Bonchev–Trinajstić information content (AvgIpc) is 2.61. The maximum absolute atomic E-state index is 13.8. The van der Waals surface area contributed by atoms with E-state index < -0.39 is 16.8 Å². The third-order valence-corrected chi connectivity index (χ3v) is 3.60. The fraction of sp³-hybridized carbons (Fsp3) is 0.211. The van der Waals surface area contributed by atoms with Gasteiger partial charge in [0.15, 0.2) is 0 Å². The molecule has 2 aromatic carbocycles. The van der Waals surface area contributed by atoms with E-state index >= 15 is 0 Å². The third kappa shape index (κ3) is 5.70. The van der Waals surface area contributed by atoms with Crippen molar-refractivity contribution in [1.82, 2.24) is 5.32 Å². The molecule has 2 rings (SSSR count). The Hall–Kier alpha value is -3.22. The molecule has 0 atom stereocenters. The molecular weight excluding hydrogens is 339 g/mol. The van der Waals surface area contributed by atoms with Crippen LogP contribution in [0, 0.1) is 22.9 Å². The predicted octanol–water partition coefficient (Wildman–Crippen LogP) is 4.37. The van der Waals surface area contributed by atoms with E-state index in [1.165, 1.54) is 19.1 Å². The van der Waals surface area contributed by atoms with Crippen molar-refractivity contribution >= 4 is 17.9 Å². The summed E-state index contributed by atoms with van der Waals surface area (Å²) < 4.78 is 18.9. The summed E-state index contributed by atoms with van der Waals surface area (Å²) in [6, 6.07) is 11.6. The summed E-state index contributed by atoms with van der Waals surface area (Å²) >= 11 is 0. The lowest BCUT2D eigenvalue weighted by molar-refractivity contribution is -0.385. The van der Waals surface area contributed by atoms with Crippen molar-refractivity contribution in [2.24, 2.45) is 0 Å². The number of nitrogens with zero attached hydrogens (tertiary/aromatic N) is 1. The van der Waals surface area contributed by atoms with E-state index in [2.05, 4.69) is 5.32 Å². The Bertz CT molecular complexity index is 807. The van der Waals surface area contributed by atoms with Gasteiger partial charge in [-0.25, -0.2) is 9.18 Å². The molecule has 0 unspecified atom stereocenters. The van der Waals surface area contributed by atoms with Gasteiger partial charge >= 0.3 is 6.09 Å². The lowest BCUT2D eigenvalue weighted by atomic mass is 10.1. The Labute approximate surface area is 150 Å². The summed E-state index contributed by atoms with van der Waals surface area (Å²) in [5.41, 5.74) is 1.16. The quantitative estimate of drug-likeness (QED) is 0.453. The fourth-order valence-corrected chi connectivity index (χ4v) is 2.24. The van der Waals surface area contributed by atoms with Gasteiger partial charge in [0.1, 0.15) is 12.4 Å². The lowest BCUT2D eigenvalue weighted by Gasteiger charge is -2.06. The first-order valence-electron chi connectivity index (χ1n) is 8.03. The van der Waals surface area contributed by atoms with Gasteiger partial charge in [-0.1, -0.05) is 42.5 Å². The van der Waals surface area contributed by atoms with Gasteiger partial charge in [-0.2, -0.15) is 0 Å². The smallest absolute Gasteiger partial charge is 0.407 e. The van der Waals surface area contributed by atoms with Gasteiger partial charge in [-0.15, -0.1) is 0 Å². The Morgan fingerprint density at radius 1 is 1.31 bits per heavy atom. The number of carbonyl (C=O) groups excluding carboxylic acids is 1. The summed E-state index contributed by atoms with van der Waals surface area (Å²) in [5, 5.41) is 13.5. The maximum Gasteiger partial charge on any atom is 0.407 e. The zero-order valence-corrected chi connectivity index (χ0v) is 14.3. The molecule has 0 saturated heterocycles. The number of amides is 1. The first-order chi connectivity index (χ1) is 12.5. The first kappa shape index (κ1) is 19.1. The molecule has 0 aliphatic heterocycles. The number of hydrogen-bond acceptors (Lipinski definition) is 4. The number of nitrogens with one attached hydrogen (secondary N) is 1. The van der Waals surface area contributed by atoms with E-state index in [0.717, 1.165) is 11.6 Å². The Balaban J connectivity index is 1.78. The average molecular weight is 358 g/mol. The van der Waals surface area contributed by atoms with Crippen molar-refractivity contribution in [3.8, 4) is 0 Å². The Kier molecular flexibility index (Phi) is 6.84. The van der Waals surface area contributed by atoms with Crippen LogP contribution in [0.15, 0.2) is 48.5 Å². The molecule has 1 amide bonds. The lowest BCUT2D eigenvalue weighted by Crippen LogP contribution is -2.24. The number of rotatable bonds is 7. The zero-order chi connectivity index (χ0) is 18.9. The van der Waals surface area contributed by atoms with Crippen molar-refractivity contribution in [1.29, 1.82) is 0 Å². The molecule has 0 spiro atoms. The summed E-state index contributed by atoms with van der Waals surface area (Å²) in [5.74, 6) is -0.528. The van der Waals surface area contributed by atoms with Gasteiger partial charge in [-0.05, 0) is 25.0 Å². The largest absolute Gasteiger partial charge is 0.445 e. The molecule has 0 aliphatic rings. The van der Waals surface area contributed by atoms with Crippen LogP contribution in [0.3, 0.4) is 0 Å². The van der Waals surface area contributed by atoms with E-state index in [9.17, 15) is 19.3 Å². The maximum atomic E-state index is 13.8. The van der Waals surface area contributed by atoms with Crippen LogP contribution >= 0.6 is 0 Å². The van der Waals surface area contributed by atoms with Gasteiger partial charge in [-0.3, -0.25) is 10.1 Å². The van der Waals surface area contributed by atoms with Gasteiger partial charge in [0.25, 0.3) is 5.69 Å². The minimum absolute atomic E-state index is 0.131. The van der Waals surface area contributed by atoms with Crippen LogP contribution < -0.4 is 5.32 Å². The summed E-state index contributed by atoms with van der Waals surface area (Å²) in [6.07, 6.45) is 2.98. The molecule has 0 aromatic heterocycles. The van der Waals surface area contributed by atoms with Crippen molar-refractivity contribution in [3.63, 3.8) is 0 Å². The molecule has 6 nitrogen and oxygen atoms in total. The van der Waals surface area contributed by atoms with E-state index in [-0.39, 0.29) is 23.4 Å². The number of ether oxygens (including phenoxy) is 1. The van der Waals surface area contributed by atoms with Crippen molar-refractivity contribution in [3.05, 3.63) is 81.2 Å². The number of halogens is 1. The Morgan fingerprint density at radius 2 is 2.04 bits per heavy atom. The third-order valence-electron chi connectivity index (χ3n) is 3.60. The second-order valence-electron chi connectivity index (χ2n) is 5.60. The summed E-state index contributed by atoms with van der Waals surface area (Å²) in [4.78, 5) is 21.9. The van der Waals surface area contributed by atoms with E-state index in [1.54, 1.807) is 6.08 Å². The van der Waals surface area contributed by atoms with Crippen LogP contribution in [0.2, 0.25) is 0 Å². The molecule has 1 N–H and O–H groups in total. The van der Waals surface area contributed by atoms with E-state index in [4.69, 9.17) is 4.74 Å². The highest BCUT2D eigenvalue weighted by atomic mass is 19.1. The second-order valence-corrected chi connectivity index (χ2v) is 5.60. The number of alkyl carbamates (subject to hydrolysis) is 1. The van der Waals surface area contributed by atoms with Gasteiger partial charge in [0.05, 0.1) is 4.92 Å². The number of nitro groups is 1. The molecule has 0 fully saturated rings. The number of aryl methyl sites for hydroxylation is 1. The highest BCUT2D eigenvalue weighted by Crippen LogP contribution is 2.23. The van der Waals surface area contributed by atoms with Gasteiger partial charge < -0.3 is 10.1 Å². The van der Waals surface area contributed by atoms with E-state index in [1.807, 2.05) is 30.3 Å². The standard InChI is InChI=1S/C19H19FN2O4/c1-14-11-17(20)16(12-18(14)22(24)25)9-5-6-10-21-19(23)26-13-15-7-3-2-4-8-15/h2-5,7-9,11-12H,6,10,13H2,1H3,(H,21,23). The van der Waals surface area contributed by atoms with Crippen molar-refractivity contribution in [2.45, 2.75) is 20.0 Å². The van der Waals surface area contributed by atoms with Gasteiger partial charge in [0, 0.05) is 23.7 Å². The van der Waals surface area contributed by atoms with Crippen LogP contribution in [0.4, 0.5) is 14.9 Å². The predicted molar refractivity (Wildman–Crippen MR) is 96.1 cm³/mol. The van der Waals surface area contributed by atoms with Crippen LogP contribution in [0.1, 0.15) is 23.1 Å². The Morgan fingerprint density at radius 3 is 2.73 bits per heavy atom. The second kappa shape index (κ2) is 9.31. The van der Waals surface area contributed by atoms with Crippen LogP contribution in [-0.2, 0) is 11.3 Å². The molecule has 7 heteroatoms. The van der Waals surface area contributed by atoms with E-state index in [0.29, 0.717) is 13.0 Å². The highest BCUT2D eigenvalue weighted by Gasteiger charge is 2.13. The fourth-order valence-electron chi connectivity index (χ4n) is 2.24. The monoisotopic (exact) mass is 358 g/mol. The molecule has 26 heavy (non-hydrogen) atoms. The minimum Gasteiger partial charge on any atom is -0.445 e. The molecular formula is C19H19FN2O4. The minimum atomic E-state index is -0.545. The van der Waals surface area contributed by atoms with Crippen LogP contribution in [-0.4, -0.2) is 17.6 Å².